The predicted molar refractivity (Wildman–Crippen MR) is 108 cm³/mol. The summed E-state index contributed by atoms with van der Waals surface area (Å²) in [6.07, 6.45) is 1.92. The molecule has 0 saturated carbocycles. The van der Waals surface area contributed by atoms with Gasteiger partial charge in [0.25, 0.3) is 11.6 Å². The molecule has 2 amide bonds. The number of hydrogen-bond acceptors (Lipinski definition) is 7. The minimum absolute atomic E-state index is 0.0109. The van der Waals surface area contributed by atoms with Gasteiger partial charge in [-0.3, -0.25) is 19.7 Å². The number of nitro benzene ring substituents is 1. The number of nitrogens with zero attached hydrogens (tertiary/aromatic N) is 2. The Labute approximate surface area is 171 Å². The van der Waals surface area contributed by atoms with Gasteiger partial charge in [-0.25, -0.2) is 4.79 Å². The van der Waals surface area contributed by atoms with Gasteiger partial charge < -0.3 is 20.7 Å². The van der Waals surface area contributed by atoms with Gasteiger partial charge in [-0.1, -0.05) is 0 Å². The molecule has 2 aromatic carbocycles. The lowest BCUT2D eigenvalue weighted by atomic mass is 10.1. The fourth-order valence-electron chi connectivity index (χ4n) is 3.15. The molecule has 10 heteroatoms. The first-order valence-electron chi connectivity index (χ1n) is 9.25. The highest BCUT2D eigenvalue weighted by Gasteiger charge is 2.24. The molecule has 1 aliphatic rings. The Morgan fingerprint density at radius 2 is 1.70 bits per heavy atom. The molecule has 0 unspecified atom stereocenters. The summed E-state index contributed by atoms with van der Waals surface area (Å²) in [6, 6.07) is 10.0. The standard InChI is InChI=1S/C20H20N4O6/c21-19(26)13-3-6-15(7-4-13)22-18(25)12-30-20(27)14-5-8-16(17(11-14)24(28)29)23-9-1-2-10-23/h3-8,11H,1-2,9-10,12H2,(H2,21,26)(H,22,25). The predicted octanol–water partition coefficient (Wildman–Crippen LogP) is 2.09. The Morgan fingerprint density at radius 1 is 1.07 bits per heavy atom. The van der Waals surface area contributed by atoms with Crippen LogP contribution in [0.5, 0.6) is 0 Å². The zero-order valence-corrected chi connectivity index (χ0v) is 16.0. The normalized spacial score (nSPS) is 13.0. The second-order valence-electron chi connectivity index (χ2n) is 6.72. The average Bonchev–Trinajstić information content (AvgIpc) is 3.26. The molecule has 30 heavy (non-hydrogen) atoms. The monoisotopic (exact) mass is 412 g/mol. The maximum Gasteiger partial charge on any atom is 0.338 e. The van der Waals surface area contributed by atoms with Crippen molar-refractivity contribution in [3.8, 4) is 0 Å². The van der Waals surface area contributed by atoms with Crippen LogP contribution >= 0.6 is 0 Å². The Morgan fingerprint density at radius 3 is 2.30 bits per heavy atom. The fraction of sp³-hybridized carbons (Fsp3) is 0.250. The summed E-state index contributed by atoms with van der Waals surface area (Å²) >= 11 is 0. The lowest BCUT2D eigenvalue weighted by molar-refractivity contribution is -0.384. The first-order chi connectivity index (χ1) is 14.3. The van der Waals surface area contributed by atoms with Gasteiger partial charge >= 0.3 is 5.97 Å². The van der Waals surface area contributed by atoms with E-state index >= 15 is 0 Å². The lowest BCUT2D eigenvalue weighted by Gasteiger charge is -2.17. The Bertz CT molecular complexity index is 983. The summed E-state index contributed by atoms with van der Waals surface area (Å²) in [4.78, 5) is 48.0. The number of carbonyl (C=O) groups excluding carboxylic acids is 3. The third-order valence-corrected chi connectivity index (χ3v) is 4.64. The molecule has 0 bridgehead atoms. The second kappa shape index (κ2) is 9.03. The van der Waals surface area contributed by atoms with Crippen LogP contribution in [-0.2, 0) is 9.53 Å². The van der Waals surface area contributed by atoms with E-state index < -0.39 is 29.3 Å². The Hall–Kier alpha value is -3.95. The molecule has 10 nitrogen and oxygen atoms in total. The third-order valence-electron chi connectivity index (χ3n) is 4.64. The number of carbonyl (C=O) groups is 3. The Kier molecular flexibility index (Phi) is 6.26. The van der Waals surface area contributed by atoms with E-state index in [1.807, 2.05) is 4.90 Å². The SMILES string of the molecule is NC(=O)c1ccc(NC(=O)COC(=O)c2ccc(N3CCCC3)c([N+](=O)[O-])c2)cc1. The van der Waals surface area contributed by atoms with E-state index in [0.717, 1.165) is 32.0 Å². The minimum Gasteiger partial charge on any atom is -0.452 e. The van der Waals surface area contributed by atoms with Crippen molar-refractivity contribution in [3.05, 3.63) is 63.7 Å². The first-order valence-corrected chi connectivity index (χ1v) is 9.25. The first kappa shape index (κ1) is 20.8. The maximum absolute atomic E-state index is 12.2. The van der Waals surface area contributed by atoms with Crippen LogP contribution < -0.4 is 16.0 Å². The van der Waals surface area contributed by atoms with Gasteiger partial charge in [-0.2, -0.15) is 0 Å². The van der Waals surface area contributed by atoms with Crippen molar-refractivity contribution in [2.24, 2.45) is 5.73 Å². The minimum atomic E-state index is -0.842. The molecule has 1 saturated heterocycles. The molecular formula is C20H20N4O6. The second-order valence-corrected chi connectivity index (χ2v) is 6.72. The fourth-order valence-corrected chi connectivity index (χ4v) is 3.15. The van der Waals surface area contributed by atoms with Crippen molar-refractivity contribution in [1.29, 1.82) is 0 Å². The van der Waals surface area contributed by atoms with E-state index in [1.165, 1.54) is 36.4 Å². The molecule has 0 aliphatic carbocycles. The molecule has 0 aromatic heterocycles. The van der Waals surface area contributed by atoms with Crippen molar-refractivity contribution >= 4 is 34.8 Å². The average molecular weight is 412 g/mol. The van der Waals surface area contributed by atoms with Gasteiger partial charge in [-0.15, -0.1) is 0 Å². The largest absolute Gasteiger partial charge is 0.452 e. The summed E-state index contributed by atoms with van der Waals surface area (Å²) in [7, 11) is 0. The number of ether oxygens (including phenoxy) is 1. The Balaban J connectivity index is 1.61. The van der Waals surface area contributed by atoms with Crippen molar-refractivity contribution in [2.75, 3.05) is 29.9 Å². The van der Waals surface area contributed by atoms with Crippen LogP contribution in [0.15, 0.2) is 42.5 Å². The number of benzene rings is 2. The van der Waals surface area contributed by atoms with Gasteiger partial charge in [0, 0.05) is 30.4 Å². The molecule has 3 rings (SSSR count). The molecule has 1 aliphatic heterocycles. The summed E-state index contributed by atoms with van der Waals surface area (Å²) < 4.78 is 4.96. The van der Waals surface area contributed by atoms with Crippen LogP contribution in [0, 0.1) is 10.1 Å². The van der Waals surface area contributed by atoms with Crippen LogP contribution in [0.25, 0.3) is 0 Å². The molecular weight excluding hydrogens is 392 g/mol. The van der Waals surface area contributed by atoms with Crippen LogP contribution in [0.1, 0.15) is 33.6 Å². The number of nitro groups is 1. The van der Waals surface area contributed by atoms with Gasteiger partial charge in [-0.05, 0) is 49.2 Å². The topological polar surface area (TPSA) is 145 Å². The third kappa shape index (κ3) is 4.90. The van der Waals surface area contributed by atoms with Gasteiger partial charge in [0.05, 0.1) is 10.5 Å². The summed E-state index contributed by atoms with van der Waals surface area (Å²) in [5, 5.41) is 13.9. The summed E-state index contributed by atoms with van der Waals surface area (Å²) in [5.74, 6) is -2.03. The molecule has 1 fully saturated rings. The molecule has 0 radical (unpaired) electrons. The van der Waals surface area contributed by atoms with Crippen LogP contribution in [0.3, 0.4) is 0 Å². The van der Waals surface area contributed by atoms with E-state index in [0.29, 0.717) is 16.9 Å². The molecule has 0 spiro atoms. The van der Waals surface area contributed by atoms with Crippen LogP contribution in [0.2, 0.25) is 0 Å². The summed E-state index contributed by atoms with van der Waals surface area (Å²) in [6.45, 7) is 0.883. The number of esters is 1. The van der Waals surface area contributed by atoms with E-state index in [4.69, 9.17) is 10.5 Å². The van der Waals surface area contributed by atoms with Gasteiger partial charge in [0.15, 0.2) is 6.61 Å². The van der Waals surface area contributed by atoms with Gasteiger partial charge in [0.1, 0.15) is 5.69 Å². The van der Waals surface area contributed by atoms with Crippen molar-refractivity contribution in [1.82, 2.24) is 0 Å². The molecule has 156 valence electrons. The number of primary amides is 1. The quantitative estimate of drug-likeness (QED) is 0.402. The van der Waals surface area contributed by atoms with Crippen LogP contribution in [-0.4, -0.2) is 42.4 Å². The molecule has 0 atom stereocenters. The van der Waals surface area contributed by atoms with Gasteiger partial charge in [0.2, 0.25) is 5.91 Å². The highest BCUT2D eigenvalue weighted by molar-refractivity contribution is 5.97. The highest BCUT2D eigenvalue weighted by Crippen LogP contribution is 2.31. The maximum atomic E-state index is 12.2. The zero-order valence-electron chi connectivity index (χ0n) is 16.0. The van der Waals surface area contributed by atoms with Crippen molar-refractivity contribution in [3.63, 3.8) is 0 Å². The van der Waals surface area contributed by atoms with E-state index in [2.05, 4.69) is 5.32 Å². The number of nitrogens with two attached hydrogens (primary N) is 1. The van der Waals surface area contributed by atoms with E-state index in [-0.39, 0.29) is 11.3 Å². The number of anilines is 2. The van der Waals surface area contributed by atoms with E-state index in [9.17, 15) is 24.5 Å². The van der Waals surface area contributed by atoms with Crippen molar-refractivity contribution < 1.29 is 24.0 Å². The smallest absolute Gasteiger partial charge is 0.338 e. The summed E-state index contributed by atoms with van der Waals surface area (Å²) in [5.41, 5.74) is 6.11. The number of amides is 2. The molecule has 1 heterocycles. The highest BCUT2D eigenvalue weighted by atomic mass is 16.6. The zero-order chi connectivity index (χ0) is 21.7. The van der Waals surface area contributed by atoms with Crippen molar-refractivity contribution in [2.45, 2.75) is 12.8 Å². The number of nitrogens with one attached hydrogen (secondary N) is 1. The molecule has 2 aromatic rings. The lowest BCUT2D eigenvalue weighted by Crippen LogP contribution is -2.22. The number of hydrogen-bond donors (Lipinski definition) is 2. The van der Waals surface area contributed by atoms with E-state index in [1.54, 1.807) is 0 Å². The van der Waals surface area contributed by atoms with Crippen LogP contribution in [0.4, 0.5) is 17.1 Å². The molecule has 3 N–H and O–H groups in total. The number of rotatable bonds is 7.